The molecule has 2 aliphatic rings. The SMILES string of the molecule is CC(=O)Nc1ccc(C(=O)O)cc1OC[C@H](O)CN1CCC2(CC1)Cc1cc(Cl)ccc1O2. The number of carbonyl (C=O) groups is 2. The molecule has 1 fully saturated rings. The number of carbonyl (C=O) groups excluding carboxylic acids is 1. The van der Waals surface area contributed by atoms with Crippen molar-refractivity contribution in [2.75, 3.05) is 31.6 Å². The van der Waals surface area contributed by atoms with Crippen molar-refractivity contribution < 1.29 is 29.3 Å². The van der Waals surface area contributed by atoms with Gasteiger partial charge in [-0.3, -0.25) is 4.79 Å². The monoisotopic (exact) mass is 474 g/mol. The van der Waals surface area contributed by atoms with Crippen LogP contribution in [0.3, 0.4) is 0 Å². The minimum absolute atomic E-state index is 0.0300. The number of aliphatic hydroxyl groups excluding tert-OH is 1. The van der Waals surface area contributed by atoms with E-state index < -0.39 is 12.1 Å². The highest BCUT2D eigenvalue weighted by molar-refractivity contribution is 6.30. The summed E-state index contributed by atoms with van der Waals surface area (Å²) in [6, 6.07) is 9.93. The third-order valence-electron chi connectivity index (χ3n) is 6.07. The molecule has 0 unspecified atom stereocenters. The number of aliphatic hydroxyl groups is 1. The van der Waals surface area contributed by atoms with Crippen LogP contribution in [-0.4, -0.2) is 64.9 Å². The number of carboxylic acids is 1. The number of anilines is 1. The van der Waals surface area contributed by atoms with Gasteiger partial charge in [0.1, 0.15) is 29.8 Å². The van der Waals surface area contributed by atoms with Crippen molar-refractivity contribution in [1.82, 2.24) is 4.90 Å². The van der Waals surface area contributed by atoms with Crippen LogP contribution in [0, 0.1) is 0 Å². The van der Waals surface area contributed by atoms with Gasteiger partial charge < -0.3 is 29.9 Å². The van der Waals surface area contributed by atoms with Gasteiger partial charge in [0.2, 0.25) is 5.91 Å². The summed E-state index contributed by atoms with van der Waals surface area (Å²) in [6.45, 7) is 3.31. The summed E-state index contributed by atoms with van der Waals surface area (Å²) in [5.74, 6) is -0.294. The first-order valence-corrected chi connectivity index (χ1v) is 11.3. The maximum absolute atomic E-state index is 11.4. The van der Waals surface area contributed by atoms with Crippen LogP contribution in [0.1, 0.15) is 35.7 Å². The fraction of sp³-hybridized carbons (Fsp3) is 0.417. The molecule has 1 atom stereocenters. The number of nitrogens with one attached hydrogen (secondary N) is 1. The fourth-order valence-corrected chi connectivity index (χ4v) is 4.62. The van der Waals surface area contributed by atoms with Gasteiger partial charge in [0, 0.05) is 50.8 Å². The number of carboxylic acid groups (broad SMARTS) is 1. The molecule has 1 amide bonds. The van der Waals surface area contributed by atoms with Crippen LogP contribution in [0.5, 0.6) is 11.5 Å². The van der Waals surface area contributed by atoms with Gasteiger partial charge in [-0.05, 0) is 42.0 Å². The molecule has 0 bridgehead atoms. The summed E-state index contributed by atoms with van der Waals surface area (Å²) in [5.41, 5.74) is 1.32. The Labute approximate surface area is 197 Å². The Bertz CT molecular complexity index is 1050. The molecule has 0 aromatic heterocycles. The number of hydrogen-bond acceptors (Lipinski definition) is 6. The number of benzene rings is 2. The Hall–Kier alpha value is -2.81. The van der Waals surface area contributed by atoms with Crippen molar-refractivity contribution in [3.63, 3.8) is 0 Å². The normalized spacial score (nSPS) is 17.8. The minimum atomic E-state index is -1.10. The lowest BCUT2D eigenvalue weighted by Gasteiger charge is -2.39. The number of piperidine rings is 1. The standard InChI is InChI=1S/C24H27ClN2O6/c1-15(28)26-20-4-2-16(23(30)31)11-22(20)32-14-19(29)13-27-8-6-24(7-9-27)12-17-10-18(25)3-5-21(17)33-24/h2-5,10-11,19,29H,6-9,12-14H2,1H3,(H,26,28)(H,30,31)/t19-/m1/s1. The zero-order chi connectivity index (χ0) is 23.6. The quantitative estimate of drug-likeness (QED) is 0.565. The van der Waals surface area contributed by atoms with Crippen LogP contribution >= 0.6 is 11.6 Å². The third kappa shape index (κ3) is 5.58. The fourth-order valence-electron chi connectivity index (χ4n) is 4.43. The molecule has 8 nitrogen and oxygen atoms in total. The van der Waals surface area contributed by atoms with Crippen molar-refractivity contribution in [2.45, 2.75) is 37.9 Å². The second-order valence-corrected chi connectivity index (χ2v) is 9.11. The van der Waals surface area contributed by atoms with Crippen molar-refractivity contribution in [2.24, 2.45) is 0 Å². The van der Waals surface area contributed by atoms with Gasteiger partial charge in [0.25, 0.3) is 0 Å². The number of β-amino-alcohol motifs (C(OH)–C–C–N with tert-alkyl or cyclic N) is 1. The minimum Gasteiger partial charge on any atom is -0.489 e. The van der Waals surface area contributed by atoms with E-state index in [1.54, 1.807) is 0 Å². The largest absolute Gasteiger partial charge is 0.489 e. The molecule has 176 valence electrons. The molecule has 2 aromatic rings. The molecule has 0 aliphatic carbocycles. The molecule has 2 aliphatic heterocycles. The van der Waals surface area contributed by atoms with Crippen molar-refractivity contribution in [3.8, 4) is 11.5 Å². The van der Waals surface area contributed by atoms with E-state index in [0.29, 0.717) is 17.3 Å². The van der Waals surface area contributed by atoms with Crippen LogP contribution < -0.4 is 14.8 Å². The highest BCUT2D eigenvalue weighted by atomic mass is 35.5. The van der Waals surface area contributed by atoms with Crippen molar-refractivity contribution >= 4 is 29.2 Å². The maximum atomic E-state index is 11.4. The highest BCUT2D eigenvalue weighted by Crippen LogP contribution is 2.42. The second kappa shape index (κ2) is 9.59. The lowest BCUT2D eigenvalue weighted by Crippen LogP contribution is -2.49. The Morgan fingerprint density at radius 1 is 1.24 bits per heavy atom. The van der Waals surface area contributed by atoms with E-state index in [1.807, 2.05) is 18.2 Å². The molecule has 4 rings (SSSR count). The van der Waals surface area contributed by atoms with E-state index in [0.717, 1.165) is 43.7 Å². The number of hydrogen-bond donors (Lipinski definition) is 3. The van der Waals surface area contributed by atoms with Crippen LogP contribution in [0.4, 0.5) is 5.69 Å². The van der Waals surface area contributed by atoms with E-state index in [9.17, 15) is 19.8 Å². The number of halogens is 1. The van der Waals surface area contributed by atoms with Crippen LogP contribution in [-0.2, 0) is 11.2 Å². The number of nitrogens with zero attached hydrogens (tertiary/aromatic N) is 1. The van der Waals surface area contributed by atoms with Gasteiger partial charge in [-0.1, -0.05) is 11.6 Å². The maximum Gasteiger partial charge on any atom is 0.335 e. The molecule has 1 saturated heterocycles. The van der Waals surface area contributed by atoms with E-state index in [-0.39, 0.29) is 29.4 Å². The Morgan fingerprint density at radius 3 is 2.70 bits per heavy atom. The Balaban J connectivity index is 1.30. The number of likely N-dealkylation sites (tertiary alicyclic amines) is 1. The first-order valence-electron chi connectivity index (χ1n) is 10.9. The van der Waals surface area contributed by atoms with E-state index >= 15 is 0 Å². The molecule has 0 saturated carbocycles. The molecule has 33 heavy (non-hydrogen) atoms. The first-order chi connectivity index (χ1) is 15.7. The molecule has 1 spiro atoms. The first kappa shape index (κ1) is 23.4. The Kier molecular flexibility index (Phi) is 6.78. The highest BCUT2D eigenvalue weighted by Gasteiger charge is 2.42. The molecule has 2 heterocycles. The van der Waals surface area contributed by atoms with Gasteiger partial charge in [-0.15, -0.1) is 0 Å². The predicted octanol–water partition coefficient (Wildman–Crippen LogP) is 3.21. The van der Waals surface area contributed by atoms with E-state index in [4.69, 9.17) is 21.1 Å². The second-order valence-electron chi connectivity index (χ2n) is 8.68. The lowest BCUT2D eigenvalue weighted by atomic mass is 9.87. The summed E-state index contributed by atoms with van der Waals surface area (Å²) in [4.78, 5) is 24.9. The van der Waals surface area contributed by atoms with Gasteiger partial charge in [0.05, 0.1) is 11.3 Å². The van der Waals surface area contributed by atoms with Gasteiger partial charge in [-0.25, -0.2) is 4.79 Å². The average molecular weight is 475 g/mol. The van der Waals surface area contributed by atoms with Gasteiger partial charge in [-0.2, -0.15) is 0 Å². The molecule has 2 aromatic carbocycles. The number of ether oxygens (including phenoxy) is 2. The molecule has 3 N–H and O–H groups in total. The number of amides is 1. The topological polar surface area (TPSA) is 108 Å². The lowest BCUT2D eigenvalue weighted by molar-refractivity contribution is -0.114. The van der Waals surface area contributed by atoms with Crippen molar-refractivity contribution in [3.05, 3.63) is 52.5 Å². The Morgan fingerprint density at radius 2 is 2.00 bits per heavy atom. The zero-order valence-corrected chi connectivity index (χ0v) is 19.1. The molecular formula is C24H27ClN2O6. The van der Waals surface area contributed by atoms with Crippen LogP contribution in [0.2, 0.25) is 5.02 Å². The van der Waals surface area contributed by atoms with Crippen LogP contribution in [0.25, 0.3) is 0 Å². The van der Waals surface area contributed by atoms with Crippen LogP contribution in [0.15, 0.2) is 36.4 Å². The van der Waals surface area contributed by atoms with Gasteiger partial charge >= 0.3 is 5.97 Å². The predicted molar refractivity (Wildman–Crippen MR) is 123 cm³/mol. The molecule has 0 radical (unpaired) electrons. The molecule has 9 heteroatoms. The average Bonchev–Trinajstić information content (AvgIpc) is 3.11. The molecular weight excluding hydrogens is 448 g/mol. The summed E-state index contributed by atoms with van der Waals surface area (Å²) in [6.07, 6.45) is 1.76. The van der Waals surface area contributed by atoms with Crippen molar-refractivity contribution in [1.29, 1.82) is 0 Å². The number of fused-ring (bicyclic) bond motifs is 1. The number of aromatic carboxylic acids is 1. The smallest absolute Gasteiger partial charge is 0.335 e. The summed E-state index contributed by atoms with van der Waals surface area (Å²) in [7, 11) is 0. The number of rotatable bonds is 7. The summed E-state index contributed by atoms with van der Waals surface area (Å²) < 4.78 is 12.0. The third-order valence-corrected chi connectivity index (χ3v) is 6.30. The van der Waals surface area contributed by atoms with E-state index in [1.165, 1.54) is 25.1 Å². The zero-order valence-electron chi connectivity index (χ0n) is 18.3. The van der Waals surface area contributed by atoms with E-state index in [2.05, 4.69) is 10.2 Å². The summed E-state index contributed by atoms with van der Waals surface area (Å²) >= 11 is 6.11. The summed E-state index contributed by atoms with van der Waals surface area (Å²) in [5, 5.41) is 23.1. The van der Waals surface area contributed by atoms with Gasteiger partial charge in [0.15, 0.2) is 0 Å².